The molecule has 0 spiro atoms. The van der Waals surface area contributed by atoms with E-state index in [1.54, 1.807) is 22.9 Å². The Bertz CT molecular complexity index is 1410. The molecule has 0 N–H and O–H groups in total. The summed E-state index contributed by atoms with van der Waals surface area (Å²) >= 11 is 2.30. The summed E-state index contributed by atoms with van der Waals surface area (Å²) in [7, 11) is 3.26. The number of carbonyl (C=O) groups excluding carboxylic acids is 1. The first-order valence-corrected chi connectivity index (χ1v) is 14.5. The van der Waals surface area contributed by atoms with E-state index in [0.717, 1.165) is 39.1 Å². The third-order valence-electron chi connectivity index (χ3n) is 5.59. The molecular formula is C23H21IN5O4P. The largest absolute Gasteiger partial charge is 0.491 e. The number of methoxy groups -OCH3 is 1. The van der Waals surface area contributed by atoms with Crippen molar-refractivity contribution in [3.8, 4) is 17.0 Å². The first kappa shape index (κ1) is 22.9. The highest BCUT2D eigenvalue weighted by Crippen LogP contribution is 2.34. The first-order valence-electron chi connectivity index (χ1n) is 10.5. The van der Waals surface area contributed by atoms with Crippen LogP contribution in [-0.4, -0.2) is 50.6 Å². The number of aromatic nitrogens is 5. The minimum Gasteiger partial charge on any atom is -0.491 e. The molecule has 3 aromatic heterocycles. The van der Waals surface area contributed by atoms with Crippen molar-refractivity contribution < 1.29 is 19.0 Å². The molecule has 4 aromatic rings. The molecule has 5 rings (SSSR count). The number of aryl methyl sites for hydroxylation is 1. The van der Waals surface area contributed by atoms with Gasteiger partial charge >= 0.3 is 5.97 Å². The van der Waals surface area contributed by atoms with Gasteiger partial charge in [-0.3, -0.25) is 9.67 Å². The number of ether oxygens (including phenoxy) is 3. The molecule has 11 heteroatoms. The van der Waals surface area contributed by atoms with E-state index in [0.29, 0.717) is 37.5 Å². The van der Waals surface area contributed by atoms with Crippen LogP contribution in [-0.2, 0) is 23.1 Å². The number of benzene rings is 1. The zero-order chi connectivity index (χ0) is 23.7. The zero-order valence-electron chi connectivity index (χ0n) is 18.5. The maximum atomic E-state index is 12.1. The van der Waals surface area contributed by atoms with Crippen molar-refractivity contribution in [1.29, 1.82) is 0 Å². The van der Waals surface area contributed by atoms with Crippen LogP contribution in [0.15, 0.2) is 36.7 Å². The van der Waals surface area contributed by atoms with Gasteiger partial charge in [0, 0.05) is 23.6 Å². The molecule has 1 aliphatic rings. The lowest BCUT2D eigenvalue weighted by Crippen LogP contribution is -2.10. The number of carbonyl (C=O) groups is 1. The molecule has 1 aliphatic heterocycles. The number of esters is 1. The van der Waals surface area contributed by atoms with Crippen LogP contribution in [0.4, 0.5) is 0 Å². The summed E-state index contributed by atoms with van der Waals surface area (Å²) in [5, 5.41) is 10.2. The fourth-order valence-corrected chi connectivity index (χ4v) is 5.34. The standard InChI is InChI=1S/C23H21IN5O4P/c1-28-21-13-32-7-8-33-22-6-4-15(23(30)31-2)9-14(22)3-5-18-16-10-19(17(21)11-26-28)25-12-20(16)29(27-18)34-24/h3-6,9-12,34H,7-8,13H2,1-2H3/b5-3+. The van der Waals surface area contributed by atoms with Crippen molar-refractivity contribution in [2.24, 2.45) is 7.05 Å². The Balaban J connectivity index is 1.67. The predicted octanol–water partition coefficient (Wildman–Crippen LogP) is 4.49. The summed E-state index contributed by atoms with van der Waals surface area (Å²) < 4.78 is 20.5. The van der Waals surface area contributed by atoms with Crippen LogP contribution in [0.2, 0.25) is 0 Å². The van der Waals surface area contributed by atoms with Gasteiger partial charge in [-0.25, -0.2) is 9.25 Å². The van der Waals surface area contributed by atoms with Gasteiger partial charge in [0.25, 0.3) is 0 Å². The van der Waals surface area contributed by atoms with Crippen LogP contribution < -0.4 is 4.74 Å². The lowest BCUT2D eigenvalue weighted by atomic mass is 10.1. The fraction of sp³-hybridized carbons (Fsp3) is 0.217. The molecule has 1 unspecified atom stereocenters. The van der Waals surface area contributed by atoms with Crippen LogP contribution in [0.25, 0.3) is 34.3 Å². The lowest BCUT2D eigenvalue weighted by molar-refractivity contribution is 0.0600. The van der Waals surface area contributed by atoms with Crippen LogP contribution >= 0.6 is 28.4 Å². The summed E-state index contributed by atoms with van der Waals surface area (Å²) in [6.45, 7) is 1.12. The second kappa shape index (κ2) is 9.81. The normalized spacial score (nSPS) is 14.9. The molecule has 34 heavy (non-hydrogen) atoms. The SMILES string of the molecule is COC(=O)c1ccc2c(c1)/C=C/c1nn(PI)c3cnc(cc13)-c1cnn(C)c1COCCO2. The number of nitrogens with zero attached hydrogens (tertiary/aromatic N) is 5. The Labute approximate surface area is 210 Å². The average Bonchev–Trinajstić information content (AvgIpc) is 3.41. The van der Waals surface area contributed by atoms with Gasteiger partial charge < -0.3 is 14.2 Å². The maximum Gasteiger partial charge on any atom is 0.337 e. The third kappa shape index (κ3) is 4.33. The second-order valence-electron chi connectivity index (χ2n) is 7.58. The monoisotopic (exact) mass is 589 g/mol. The highest BCUT2D eigenvalue weighted by atomic mass is 127. The summed E-state index contributed by atoms with van der Waals surface area (Å²) in [5.41, 5.74) is 5.61. The number of rotatable bonds is 2. The van der Waals surface area contributed by atoms with Crippen molar-refractivity contribution in [2.75, 3.05) is 20.3 Å². The van der Waals surface area contributed by atoms with E-state index in [-0.39, 0.29) is 0 Å². The van der Waals surface area contributed by atoms with Crippen molar-refractivity contribution in [3.63, 3.8) is 0 Å². The van der Waals surface area contributed by atoms with Gasteiger partial charge in [-0.1, -0.05) is 0 Å². The van der Waals surface area contributed by atoms with Gasteiger partial charge in [0.1, 0.15) is 12.4 Å². The molecule has 0 fully saturated rings. The summed E-state index contributed by atoms with van der Waals surface area (Å²) in [4.78, 5) is 16.8. The molecule has 4 heterocycles. The average molecular weight is 589 g/mol. The number of hydrogen-bond acceptors (Lipinski definition) is 7. The predicted molar refractivity (Wildman–Crippen MR) is 139 cm³/mol. The van der Waals surface area contributed by atoms with E-state index in [1.165, 1.54) is 7.11 Å². The molecule has 1 atom stereocenters. The molecule has 0 amide bonds. The van der Waals surface area contributed by atoms with Gasteiger partial charge in [0.15, 0.2) is 0 Å². The smallest absolute Gasteiger partial charge is 0.337 e. The second-order valence-corrected chi connectivity index (χ2v) is 9.62. The molecule has 0 radical (unpaired) electrons. The molecule has 0 aliphatic carbocycles. The molecule has 2 bridgehead atoms. The highest BCUT2D eigenvalue weighted by Gasteiger charge is 2.17. The summed E-state index contributed by atoms with van der Waals surface area (Å²) in [6, 6.07) is 7.25. The van der Waals surface area contributed by atoms with E-state index in [4.69, 9.17) is 24.3 Å². The van der Waals surface area contributed by atoms with Gasteiger partial charge in [-0.2, -0.15) is 10.2 Å². The van der Waals surface area contributed by atoms with Crippen molar-refractivity contribution in [3.05, 3.63) is 59.2 Å². The Morgan fingerprint density at radius 1 is 1.21 bits per heavy atom. The highest BCUT2D eigenvalue weighted by molar-refractivity contribution is 14.2. The van der Waals surface area contributed by atoms with E-state index in [1.807, 2.05) is 42.1 Å². The number of hydrogen-bond donors (Lipinski definition) is 0. The van der Waals surface area contributed by atoms with Crippen LogP contribution in [0.3, 0.4) is 0 Å². The topological polar surface area (TPSA) is 93.3 Å². The van der Waals surface area contributed by atoms with E-state index >= 15 is 0 Å². The third-order valence-corrected chi connectivity index (χ3v) is 7.46. The zero-order valence-corrected chi connectivity index (χ0v) is 21.6. The van der Waals surface area contributed by atoms with Crippen molar-refractivity contribution in [2.45, 2.75) is 6.61 Å². The van der Waals surface area contributed by atoms with Crippen LogP contribution in [0.5, 0.6) is 5.75 Å². The molecule has 0 saturated heterocycles. The summed E-state index contributed by atoms with van der Waals surface area (Å²) in [6.07, 6.45) is 7.92. The van der Waals surface area contributed by atoms with Gasteiger partial charge in [-0.05, 0) is 58.5 Å². The van der Waals surface area contributed by atoms with E-state index in [2.05, 4.69) is 27.1 Å². The molecule has 174 valence electrons. The molecule has 9 nitrogen and oxygen atoms in total. The summed E-state index contributed by atoms with van der Waals surface area (Å²) in [5.74, 6) is 0.240. The van der Waals surface area contributed by atoms with Crippen LogP contribution in [0, 0.1) is 0 Å². The number of pyridine rings is 1. The quantitative estimate of drug-likeness (QED) is 0.193. The number of halogens is 1. The Kier molecular flexibility index (Phi) is 6.62. The van der Waals surface area contributed by atoms with Crippen molar-refractivity contribution in [1.82, 2.24) is 24.3 Å². The minimum atomic E-state index is -0.404. The van der Waals surface area contributed by atoms with Crippen LogP contribution in [0.1, 0.15) is 27.3 Å². The number of fused-ring (bicyclic) bond motifs is 4. The minimum absolute atomic E-state index is 0.354. The Morgan fingerprint density at radius 2 is 2.09 bits per heavy atom. The maximum absolute atomic E-state index is 12.1. The van der Waals surface area contributed by atoms with E-state index < -0.39 is 5.97 Å². The molecule has 0 saturated carbocycles. The lowest BCUT2D eigenvalue weighted by Gasteiger charge is -2.12. The van der Waals surface area contributed by atoms with Gasteiger partial charge in [-0.15, -0.1) is 0 Å². The first-order chi connectivity index (χ1) is 16.6. The molecular weight excluding hydrogens is 568 g/mol. The fourth-order valence-electron chi connectivity index (χ4n) is 3.82. The van der Waals surface area contributed by atoms with E-state index in [9.17, 15) is 4.79 Å². The molecule has 1 aromatic carbocycles. The van der Waals surface area contributed by atoms with Gasteiger partial charge in [0.2, 0.25) is 0 Å². The Morgan fingerprint density at radius 3 is 2.91 bits per heavy atom. The Hall–Kier alpha value is -2.82. The van der Waals surface area contributed by atoms with Gasteiger partial charge in [0.05, 0.1) is 67.3 Å². The van der Waals surface area contributed by atoms with Crippen molar-refractivity contribution >= 4 is 57.4 Å².